The number of hydrogen-bond acceptors (Lipinski definition) is 9. The maximum absolute atomic E-state index is 13.2. The number of rotatable bonds is 11. The molecule has 1 saturated heterocycles. The van der Waals surface area contributed by atoms with Gasteiger partial charge in [0.15, 0.2) is 23.2 Å². The number of carbonyl (C=O) groups is 1. The summed E-state index contributed by atoms with van der Waals surface area (Å²) in [5.74, 6) is 0.772. The molecule has 0 spiro atoms. The van der Waals surface area contributed by atoms with Crippen molar-refractivity contribution in [3.05, 3.63) is 112 Å². The topological polar surface area (TPSA) is 159 Å². The number of H-pyrrole nitrogens is 1. The maximum Gasteiger partial charge on any atom is 0.251 e. The van der Waals surface area contributed by atoms with E-state index < -0.39 is 37.0 Å². The molecule has 0 aliphatic carbocycles. The molecule has 0 saturated carbocycles. The summed E-state index contributed by atoms with van der Waals surface area (Å²) in [5, 5.41) is 28.7. The van der Waals surface area contributed by atoms with Gasteiger partial charge in [-0.15, -0.1) is 0 Å². The maximum atomic E-state index is 13.2. The van der Waals surface area contributed by atoms with Gasteiger partial charge in [0.1, 0.15) is 36.9 Å². The van der Waals surface area contributed by atoms with Crippen LogP contribution in [0.5, 0.6) is 5.75 Å². The molecule has 1 amide bonds. The summed E-state index contributed by atoms with van der Waals surface area (Å²) in [6.45, 7) is 0.560. The number of aliphatic hydroxyl groups excluding tert-OH is 2. The molecule has 4 atom stereocenters. The first-order valence-corrected chi connectivity index (χ1v) is 16.0. The van der Waals surface area contributed by atoms with Gasteiger partial charge in [-0.2, -0.15) is 0 Å². The van der Waals surface area contributed by atoms with Crippen LogP contribution in [0, 0.1) is 0 Å². The van der Waals surface area contributed by atoms with Crippen molar-refractivity contribution in [1.29, 1.82) is 0 Å². The van der Waals surface area contributed by atoms with E-state index in [0.29, 0.717) is 46.6 Å². The first-order valence-electron chi connectivity index (χ1n) is 15.3. The van der Waals surface area contributed by atoms with Crippen LogP contribution in [0.4, 0.5) is 5.82 Å². The van der Waals surface area contributed by atoms with Crippen molar-refractivity contribution < 1.29 is 24.5 Å². The summed E-state index contributed by atoms with van der Waals surface area (Å²) < 4.78 is 13.7. The Morgan fingerprint density at radius 3 is 2.65 bits per heavy atom. The number of halogens is 2. The van der Waals surface area contributed by atoms with Crippen molar-refractivity contribution in [2.75, 3.05) is 18.5 Å². The largest absolute Gasteiger partial charge is 0.487 e. The number of ether oxygens (including phenoxy) is 2. The minimum Gasteiger partial charge on any atom is -0.487 e. The SMILES string of the molecule is O=C(N[C@@H]1[C@H](O)[C@@H](CO)O[C@H]1n1cnc2c(NCCc3c[nH]c4c(OCc5ccccc5)cccc34)ncnc21)c1cc(Cl)cc(Cl)c1. The number of nitrogens with one attached hydrogen (secondary N) is 3. The predicted octanol–water partition coefficient (Wildman–Crippen LogP) is 4.90. The van der Waals surface area contributed by atoms with Gasteiger partial charge >= 0.3 is 0 Å². The number of carbonyl (C=O) groups excluding carboxylic acids is 1. The van der Waals surface area contributed by atoms with Crippen molar-refractivity contribution in [3.63, 3.8) is 0 Å². The Labute approximate surface area is 284 Å². The van der Waals surface area contributed by atoms with Gasteiger partial charge < -0.3 is 35.3 Å². The first kappa shape index (κ1) is 31.9. The van der Waals surface area contributed by atoms with Gasteiger partial charge in [-0.25, -0.2) is 15.0 Å². The monoisotopic (exact) mass is 687 g/mol. The van der Waals surface area contributed by atoms with Crippen LogP contribution >= 0.6 is 23.2 Å². The van der Waals surface area contributed by atoms with Crippen LogP contribution in [-0.4, -0.2) is 72.0 Å². The fourth-order valence-electron chi connectivity index (χ4n) is 5.94. The number of para-hydroxylation sites is 1. The normalized spacial score (nSPS) is 19.2. The number of amides is 1. The van der Waals surface area contributed by atoms with Crippen LogP contribution < -0.4 is 15.4 Å². The number of anilines is 1. The number of fused-ring (bicyclic) bond motifs is 2. The highest BCUT2D eigenvalue weighted by Gasteiger charge is 2.46. The van der Waals surface area contributed by atoms with E-state index in [1.165, 1.54) is 30.9 Å². The Balaban J connectivity index is 1.06. The quantitative estimate of drug-likeness (QED) is 0.128. The number of aromatic amines is 1. The lowest BCUT2D eigenvalue weighted by Gasteiger charge is -2.23. The first-order chi connectivity index (χ1) is 23.4. The molecule has 6 aromatic rings. The highest BCUT2D eigenvalue weighted by molar-refractivity contribution is 6.35. The van der Waals surface area contributed by atoms with Crippen molar-refractivity contribution in [1.82, 2.24) is 29.8 Å². The van der Waals surface area contributed by atoms with Crippen molar-refractivity contribution in [3.8, 4) is 5.75 Å². The number of nitrogens with zero attached hydrogens (tertiary/aromatic N) is 4. The van der Waals surface area contributed by atoms with E-state index in [-0.39, 0.29) is 5.56 Å². The van der Waals surface area contributed by atoms with E-state index in [2.05, 4.69) is 36.6 Å². The Hall–Kier alpha value is -4.72. The van der Waals surface area contributed by atoms with Crippen LogP contribution in [0.2, 0.25) is 10.0 Å². The minimum atomic E-state index is -1.23. The Bertz CT molecular complexity index is 2050. The van der Waals surface area contributed by atoms with Gasteiger partial charge in [0, 0.05) is 33.7 Å². The third-order valence-electron chi connectivity index (χ3n) is 8.29. The molecule has 12 nitrogen and oxygen atoms in total. The van der Waals surface area contributed by atoms with E-state index in [4.69, 9.17) is 32.7 Å². The molecule has 1 fully saturated rings. The molecule has 5 N–H and O–H groups in total. The highest BCUT2D eigenvalue weighted by Crippen LogP contribution is 2.33. The molecule has 3 aromatic carbocycles. The Morgan fingerprint density at radius 2 is 1.85 bits per heavy atom. The zero-order chi connectivity index (χ0) is 33.2. The minimum absolute atomic E-state index is 0.210. The second kappa shape index (κ2) is 13.8. The van der Waals surface area contributed by atoms with Gasteiger partial charge in [0.25, 0.3) is 5.91 Å². The molecule has 3 aromatic heterocycles. The molecule has 0 bridgehead atoms. The molecular formula is C34H31Cl2N7O5. The summed E-state index contributed by atoms with van der Waals surface area (Å²) in [6, 6.07) is 19.5. The molecule has 0 unspecified atom stereocenters. The molecule has 48 heavy (non-hydrogen) atoms. The van der Waals surface area contributed by atoms with Gasteiger partial charge in [0.2, 0.25) is 0 Å². The van der Waals surface area contributed by atoms with Crippen molar-refractivity contribution in [2.45, 2.75) is 37.5 Å². The average molecular weight is 689 g/mol. The summed E-state index contributed by atoms with van der Waals surface area (Å²) in [6.07, 6.45) is 2.46. The van der Waals surface area contributed by atoms with Crippen LogP contribution in [0.1, 0.15) is 27.7 Å². The van der Waals surface area contributed by atoms with E-state index in [9.17, 15) is 15.0 Å². The Morgan fingerprint density at radius 1 is 1.04 bits per heavy atom. The summed E-state index contributed by atoms with van der Waals surface area (Å²) in [4.78, 5) is 29.9. The third-order valence-corrected chi connectivity index (χ3v) is 8.73. The average Bonchev–Trinajstić information content (AvgIpc) is 3.80. The van der Waals surface area contributed by atoms with Crippen molar-refractivity contribution in [2.24, 2.45) is 0 Å². The van der Waals surface area contributed by atoms with Crippen LogP contribution in [0.25, 0.3) is 22.1 Å². The van der Waals surface area contributed by atoms with Crippen LogP contribution in [0.3, 0.4) is 0 Å². The van der Waals surface area contributed by atoms with E-state index in [0.717, 1.165) is 27.8 Å². The lowest BCUT2D eigenvalue weighted by atomic mass is 10.1. The van der Waals surface area contributed by atoms with Gasteiger partial charge in [-0.1, -0.05) is 65.7 Å². The summed E-state index contributed by atoms with van der Waals surface area (Å²) in [7, 11) is 0. The zero-order valence-electron chi connectivity index (χ0n) is 25.4. The standard InChI is InChI=1S/C34H31Cl2N7O5/c35-22-11-21(12-23(36)13-22)33(46)42-28-30(45)26(15-44)48-34(28)43-18-41-29-31(39-17-40-32(29)43)37-10-9-20-14-38-27-24(20)7-4-8-25(27)47-16-19-5-2-1-3-6-19/h1-8,11-14,17-18,26,28,30,34,38,44-45H,9-10,15-16H2,(H,42,46)(H,37,39,40)/t26-,28-,30-,34-/m1/s1. The van der Waals surface area contributed by atoms with Gasteiger partial charge in [-0.3, -0.25) is 9.36 Å². The molecule has 0 radical (unpaired) electrons. The lowest BCUT2D eigenvalue weighted by molar-refractivity contribution is -0.0440. The second-order valence-corrected chi connectivity index (χ2v) is 12.3. The summed E-state index contributed by atoms with van der Waals surface area (Å²) in [5.41, 5.74) is 4.25. The Kier molecular flexibility index (Phi) is 9.15. The fourth-order valence-corrected chi connectivity index (χ4v) is 6.47. The van der Waals surface area contributed by atoms with E-state index >= 15 is 0 Å². The number of benzene rings is 3. The molecular weight excluding hydrogens is 657 g/mol. The van der Waals surface area contributed by atoms with Gasteiger partial charge in [-0.05, 0) is 41.8 Å². The smallest absolute Gasteiger partial charge is 0.251 e. The number of aromatic nitrogens is 5. The fraction of sp³-hybridized carbons (Fsp3) is 0.235. The van der Waals surface area contributed by atoms with E-state index in [1.54, 1.807) is 4.57 Å². The van der Waals surface area contributed by atoms with Crippen LogP contribution in [0.15, 0.2) is 85.6 Å². The van der Waals surface area contributed by atoms with Crippen LogP contribution in [-0.2, 0) is 17.8 Å². The molecule has 14 heteroatoms. The molecule has 1 aliphatic heterocycles. The predicted molar refractivity (Wildman–Crippen MR) is 181 cm³/mol. The molecule has 1 aliphatic rings. The summed E-state index contributed by atoms with van der Waals surface area (Å²) >= 11 is 12.2. The number of imidazole rings is 1. The third kappa shape index (κ3) is 6.40. The van der Waals surface area contributed by atoms with E-state index in [1.807, 2.05) is 48.7 Å². The molecule has 7 rings (SSSR count). The highest BCUT2D eigenvalue weighted by atomic mass is 35.5. The second-order valence-electron chi connectivity index (χ2n) is 11.4. The zero-order valence-corrected chi connectivity index (χ0v) is 26.9. The lowest BCUT2D eigenvalue weighted by Crippen LogP contribution is -2.46. The number of hydrogen-bond donors (Lipinski definition) is 5. The molecule has 246 valence electrons. The van der Waals surface area contributed by atoms with Crippen molar-refractivity contribution >= 4 is 57.0 Å². The number of aliphatic hydroxyl groups is 2. The molecule has 4 heterocycles. The van der Waals surface area contributed by atoms with Gasteiger partial charge in [0.05, 0.1) is 18.5 Å².